The molecule has 0 saturated carbocycles. The van der Waals surface area contributed by atoms with Crippen LogP contribution in [0.15, 0.2) is 27.4 Å². The number of halogens is 1. The molecule has 1 aromatic heterocycles. The predicted octanol–water partition coefficient (Wildman–Crippen LogP) is 0.654. The van der Waals surface area contributed by atoms with Crippen LogP contribution in [-0.4, -0.2) is 9.13 Å². The van der Waals surface area contributed by atoms with Crippen LogP contribution in [0.1, 0.15) is 12.5 Å². The lowest BCUT2D eigenvalue weighted by molar-refractivity contribution is 0.601. The van der Waals surface area contributed by atoms with Crippen LogP contribution in [0.2, 0.25) is 0 Å². The Bertz CT molecular complexity index is 577. The highest BCUT2D eigenvalue weighted by Gasteiger charge is 2.10. The quantitative estimate of drug-likeness (QED) is 0.778. The summed E-state index contributed by atoms with van der Waals surface area (Å²) in [7, 11) is 0. The summed E-state index contributed by atoms with van der Waals surface area (Å²) in [6.45, 7) is 5.45. The van der Waals surface area contributed by atoms with Crippen LogP contribution in [-0.2, 0) is 13.1 Å². The smallest absolute Gasteiger partial charge is 0.299 e. The van der Waals surface area contributed by atoms with Gasteiger partial charge in [-0.15, -0.1) is 0 Å². The molecule has 5 nitrogen and oxygen atoms in total. The Kier molecular flexibility index (Phi) is 3.69. The van der Waals surface area contributed by atoms with E-state index in [2.05, 4.69) is 6.58 Å². The van der Waals surface area contributed by atoms with E-state index in [9.17, 15) is 9.59 Å². The zero-order chi connectivity index (χ0) is 12.3. The molecule has 1 rings (SSSR count). The zero-order valence-electron chi connectivity index (χ0n) is 8.73. The molecule has 0 bridgehead atoms. The molecule has 0 aliphatic rings. The Hall–Kier alpha value is -1.80. The summed E-state index contributed by atoms with van der Waals surface area (Å²) in [5.74, 6) is 0. The Morgan fingerprint density at radius 2 is 2.25 bits per heavy atom. The standard InChI is InChI=1S/C10H10ClN3O2/c1-3-13-6-8(4-12)9(15)14(10(13)16)5-7(2)11/h6H,2-3,5H2,1H3. The molecule has 1 aromatic rings. The Morgan fingerprint density at radius 1 is 1.62 bits per heavy atom. The van der Waals surface area contributed by atoms with E-state index < -0.39 is 11.2 Å². The van der Waals surface area contributed by atoms with Crippen molar-refractivity contribution in [1.29, 1.82) is 5.26 Å². The Morgan fingerprint density at radius 3 is 2.69 bits per heavy atom. The molecule has 0 atom stereocenters. The van der Waals surface area contributed by atoms with Crippen LogP contribution in [0.3, 0.4) is 0 Å². The highest BCUT2D eigenvalue weighted by Crippen LogP contribution is 1.98. The van der Waals surface area contributed by atoms with Gasteiger partial charge in [-0.2, -0.15) is 5.26 Å². The largest absolute Gasteiger partial charge is 0.331 e. The van der Waals surface area contributed by atoms with Gasteiger partial charge in [-0.05, 0) is 6.92 Å². The van der Waals surface area contributed by atoms with Crippen molar-refractivity contribution in [3.63, 3.8) is 0 Å². The van der Waals surface area contributed by atoms with Crippen molar-refractivity contribution < 1.29 is 0 Å². The van der Waals surface area contributed by atoms with Gasteiger partial charge in [-0.1, -0.05) is 18.2 Å². The maximum atomic E-state index is 11.7. The number of aromatic nitrogens is 2. The SMILES string of the molecule is C=C(Cl)Cn1c(=O)c(C#N)cn(CC)c1=O. The van der Waals surface area contributed by atoms with Crippen molar-refractivity contribution >= 4 is 11.6 Å². The van der Waals surface area contributed by atoms with Gasteiger partial charge in [0, 0.05) is 17.8 Å². The molecular weight excluding hydrogens is 230 g/mol. The van der Waals surface area contributed by atoms with Crippen LogP contribution in [0.4, 0.5) is 0 Å². The summed E-state index contributed by atoms with van der Waals surface area (Å²) < 4.78 is 2.18. The number of nitrogens with zero attached hydrogens (tertiary/aromatic N) is 3. The molecule has 0 aliphatic heterocycles. The molecule has 0 spiro atoms. The molecule has 0 unspecified atom stereocenters. The predicted molar refractivity (Wildman–Crippen MR) is 60.3 cm³/mol. The lowest BCUT2D eigenvalue weighted by Gasteiger charge is -2.08. The lowest BCUT2D eigenvalue weighted by atomic mass is 10.3. The van der Waals surface area contributed by atoms with Crippen molar-refractivity contribution in [2.45, 2.75) is 20.0 Å². The second-order valence-corrected chi connectivity index (χ2v) is 3.67. The normalized spacial score (nSPS) is 9.81. The van der Waals surface area contributed by atoms with E-state index in [1.165, 1.54) is 10.8 Å². The van der Waals surface area contributed by atoms with Gasteiger partial charge in [0.15, 0.2) is 0 Å². The van der Waals surface area contributed by atoms with E-state index >= 15 is 0 Å². The molecule has 0 saturated heterocycles. The third-order valence-electron chi connectivity index (χ3n) is 2.03. The van der Waals surface area contributed by atoms with Crippen LogP contribution in [0.25, 0.3) is 0 Å². The first-order chi connectivity index (χ1) is 7.51. The first-order valence-electron chi connectivity index (χ1n) is 4.59. The van der Waals surface area contributed by atoms with Crippen LogP contribution < -0.4 is 11.2 Å². The highest BCUT2D eigenvalue weighted by atomic mass is 35.5. The van der Waals surface area contributed by atoms with Gasteiger partial charge in [0.1, 0.15) is 11.6 Å². The molecule has 16 heavy (non-hydrogen) atoms. The lowest BCUT2D eigenvalue weighted by Crippen LogP contribution is -2.40. The van der Waals surface area contributed by atoms with Gasteiger partial charge >= 0.3 is 5.69 Å². The van der Waals surface area contributed by atoms with Crippen LogP contribution in [0, 0.1) is 11.3 Å². The molecule has 0 fully saturated rings. The van der Waals surface area contributed by atoms with E-state index in [-0.39, 0.29) is 17.1 Å². The first kappa shape index (κ1) is 12.3. The minimum absolute atomic E-state index is 0.0839. The van der Waals surface area contributed by atoms with Crippen molar-refractivity contribution in [3.05, 3.63) is 44.2 Å². The number of aryl methyl sites for hydroxylation is 1. The van der Waals surface area contributed by atoms with E-state index in [0.717, 1.165) is 4.57 Å². The summed E-state index contributed by atoms with van der Waals surface area (Å²) in [6.07, 6.45) is 1.25. The summed E-state index contributed by atoms with van der Waals surface area (Å²) >= 11 is 5.56. The maximum Gasteiger partial charge on any atom is 0.331 e. The molecule has 0 aliphatic carbocycles. The van der Waals surface area contributed by atoms with Crippen molar-refractivity contribution in [2.75, 3.05) is 0 Å². The third kappa shape index (κ3) is 2.23. The molecule has 0 radical (unpaired) electrons. The van der Waals surface area contributed by atoms with Gasteiger partial charge in [0.25, 0.3) is 5.56 Å². The fourth-order valence-corrected chi connectivity index (χ4v) is 1.39. The average Bonchev–Trinajstić information content (AvgIpc) is 2.24. The van der Waals surface area contributed by atoms with E-state index in [0.29, 0.717) is 6.54 Å². The van der Waals surface area contributed by atoms with Crippen molar-refractivity contribution in [3.8, 4) is 6.07 Å². The fourth-order valence-electron chi connectivity index (χ4n) is 1.27. The fraction of sp³-hybridized carbons (Fsp3) is 0.300. The number of allylic oxidation sites excluding steroid dienone is 1. The number of nitriles is 1. The second kappa shape index (κ2) is 4.81. The molecular formula is C10H10ClN3O2. The first-order valence-corrected chi connectivity index (χ1v) is 4.96. The Balaban J connectivity index is 3.58. The summed E-state index contributed by atoms with van der Waals surface area (Å²) in [5, 5.41) is 8.92. The van der Waals surface area contributed by atoms with E-state index in [4.69, 9.17) is 16.9 Å². The third-order valence-corrected chi connectivity index (χ3v) is 2.15. The van der Waals surface area contributed by atoms with Gasteiger partial charge < -0.3 is 0 Å². The van der Waals surface area contributed by atoms with Crippen molar-refractivity contribution in [2.24, 2.45) is 0 Å². The van der Waals surface area contributed by atoms with Gasteiger partial charge in [-0.25, -0.2) is 4.79 Å². The van der Waals surface area contributed by atoms with Gasteiger partial charge in [0.05, 0.1) is 6.54 Å². The molecule has 84 valence electrons. The summed E-state index contributed by atoms with van der Waals surface area (Å²) in [6, 6.07) is 1.75. The monoisotopic (exact) mass is 239 g/mol. The second-order valence-electron chi connectivity index (χ2n) is 3.13. The molecule has 1 heterocycles. The van der Waals surface area contributed by atoms with Gasteiger partial charge in [0.2, 0.25) is 0 Å². The summed E-state index contributed by atoms with van der Waals surface area (Å²) in [4.78, 5) is 23.4. The van der Waals surface area contributed by atoms with Gasteiger partial charge in [-0.3, -0.25) is 13.9 Å². The zero-order valence-corrected chi connectivity index (χ0v) is 9.49. The average molecular weight is 240 g/mol. The minimum Gasteiger partial charge on any atom is -0.299 e. The van der Waals surface area contributed by atoms with E-state index in [1.807, 2.05) is 0 Å². The molecule has 0 amide bonds. The van der Waals surface area contributed by atoms with Crippen LogP contribution >= 0.6 is 11.6 Å². The Labute approximate surface area is 96.8 Å². The molecule has 0 aromatic carbocycles. The summed E-state index contributed by atoms with van der Waals surface area (Å²) in [5.41, 5.74) is -1.22. The maximum absolute atomic E-state index is 11.7. The minimum atomic E-state index is -0.640. The van der Waals surface area contributed by atoms with Crippen LogP contribution in [0.5, 0.6) is 0 Å². The number of hydrogen-bond acceptors (Lipinski definition) is 3. The van der Waals surface area contributed by atoms with E-state index in [1.54, 1.807) is 13.0 Å². The molecule has 6 heteroatoms. The molecule has 0 N–H and O–H groups in total. The topological polar surface area (TPSA) is 67.8 Å². The number of rotatable bonds is 3. The number of hydrogen-bond donors (Lipinski definition) is 0. The van der Waals surface area contributed by atoms with Crippen molar-refractivity contribution in [1.82, 2.24) is 9.13 Å². The highest BCUT2D eigenvalue weighted by molar-refractivity contribution is 6.29.